The number of amides is 1. The van der Waals surface area contributed by atoms with Gasteiger partial charge in [-0.3, -0.25) is 9.89 Å². The van der Waals surface area contributed by atoms with E-state index in [1.807, 2.05) is 13.8 Å². The lowest BCUT2D eigenvalue weighted by Gasteiger charge is -2.17. The molecule has 2 heterocycles. The molecule has 1 saturated heterocycles. The monoisotopic (exact) mass is 238 g/mol. The lowest BCUT2D eigenvalue weighted by Crippen LogP contribution is -2.34. The molecule has 6 heteroatoms. The van der Waals surface area contributed by atoms with E-state index in [1.165, 1.54) is 0 Å². The molecule has 1 fully saturated rings. The van der Waals surface area contributed by atoms with Crippen molar-refractivity contribution < 1.29 is 9.90 Å². The Hall–Kier alpha value is -1.43. The van der Waals surface area contributed by atoms with Gasteiger partial charge >= 0.3 is 0 Å². The average molecular weight is 238 g/mol. The van der Waals surface area contributed by atoms with E-state index >= 15 is 0 Å². The van der Waals surface area contributed by atoms with Gasteiger partial charge in [-0.1, -0.05) is 13.8 Å². The van der Waals surface area contributed by atoms with Crippen LogP contribution in [0.3, 0.4) is 0 Å². The summed E-state index contributed by atoms with van der Waals surface area (Å²) in [5.41, 5.74) is -0.785. The molecular weight excluding hydrogens is 220 g/mol. The number of aliphatic hydroxyl groups is 1. The van der Waals surface area contributed by atoms with Crippen LogP contribution in [0.2, 0.25) is 0 Å². The Kier molecular flexibility index (Phi) is 2.91. The number of β-amino-alcohol motifs (C(OH)–C–C–N with tert-alkyl or cyclic N) is 1. The summed E-state index contributed by atoms with van der Waals surface area (Å²) in [5.74, 6) is 0.891. The molecule has 0 radical (unpaired) electrons. The maximum atomic E-state index is 12.0. The Morgan fingerprint density at radius 1 is 1.59 bits per heavy atom. The van der Waals surface area contributed by atoms with Crippen molar-refractivity contribution in [2.75, 3.05) is 13.1 Å². The Morgan fingerprint density at radius 2 is 2.29 bits per heavy atom. The molecule has 1 aliphatic heterocycles. The smallest absolute Gasteiger partial charge is 0.293 e. The van der Waals surface area contributed by atoms with Gasteiger partial charge in [-0.05, 0) is 13.3 Å². The first kappa shape index (κ1) is 12.0. The van der Waals surface area contributed by atoms with Gasteiger partial charge < -0.3 is 10.0 Å². The Morgan fingerprint density at radius 3 is 2.76 bits per heavy atom. The fourth-order valence-corrected chi connectivity index (χ4v) is 1.89. The van der Waals surface area contributed by atoms with Crippen LogP contribution in [0, 0.1) is 0 Å². The van der Waals surface area contributed by atoms with Crippen molar-refractivity contribution in [3.63, 3.8) is 0 Å². The summed E-state index contributed by atoms with van der Waals surface area (Å²) in [5, 5.41) is 16.5. The molecule has 0 aromatic carbocycles. The molecule has 1 aromatic heterocycles. The van der Waals surface area contributed by atoms with Crippen LogP contribution in [0.1, 0.15) is 49.6 Å². The molecule has 1 aliphatic rings. The first-order valence-corrected chi connectivity index (χ1v) is 5.83. The van der Waals surface area contributed by atoms with Gasteiger partial charge in [-0.25, -0.2) is 4.98 Å². The largest absolute Gasteiger partial charge is 0.388 e. The van der Waals surface area contributed by atoms with Crippen molar-refractivity contribution in [2.24, 2.45) is 0 Å². The van der Waals surface area contributed by atoms with Crippen molar-refractivity contribution in [2.45, 2.75) is 38.7 Å². The van der Waals surface area contributed by atoms with Gasteiger partial charge in [0.05, 0.1) is 5.60 Å². The van der Waals surface area contributed by atoms with Gasteiger partial charge in [0, 0.05) is 19.0 Å². The zero-order valence-corrected chi connectivity index (χ0v) is 10.4. The SMILES string of the molecule is CC(C)c1nc(C(=O)N2CCC(C)(O)C2)n[nH]1. The molecule has 6 nitrogen and oxygen atoms in total. The third-order valence-corrected chi connectivity index (χ3v) is 2.98. The predicted octanol–water partition coefficient (Wildman–Crippen LogP) is 0.525. The zero-order valence-electron chi connectivity index (χ0n) is 10.4. The summed E-state index contributed by atoms with van der Waals surface area (Å²) >= 11 is 0. The lowest BCUT2D eigenvalue weighted by molar-refractivity contribution is 0.0565. The van der Waals surface area contributed by atoms with E-state index < -0.39 is 5.60 Å². The number of carbonyl (C=O) groups excluding carboxylic acids is 1. The van der Waals surface area contributed by atoms with Crippen LogP contribution in [0.15, 0.2) is 0 Å². The fraction of sp³-hybridized carbons (Fsp3) is 0.727. The van der Waals surface area contributed by atoms with Crippen LogP contribution in [0.25, 0.3) is 0 Å². The summed E-state index contributed by atoms with van der Waals surface area (Å²) in [7, 11) is 0. The van der Waals surface area contributed by atoms with Crippen LogP contribution in [-0.4, -0.2) is 49.8 Å². The van der Waals surface area contributed by atoms with Gasteiger partial charge in [-0.2, -0.15) is 0 Å². The molecule has 17 heavy (non-hydrogen) atoms. The number of carbonyl (C=O) groups is 1. The van der Waals surface area contributed by atoms with E-state index in [2.05, 4.69) is 15.2 Å². The molecule has 0 aliphatic carbocycles. The molecule has 0 saturated carbocycles. The van der Waals surface area contributed by atoms with E-state index in [4.69, 9.17) is 0 Å². The third kappa shape index (κ3) is 2.46. The van der Waals surface area contributed by atoms with Gasteiger partial charge in [-0.15, -0.1) is 5.10 Å². The van der Waals surface area contributed by atoms with Crippen LogP contribution >= 0.6 is 0 Å². The molecule has 1 atom stereocenters. The number of rotatable bonds is 2. The van der Waals surface area contributed by atoms with Gasteiger partial charge in [0.1, 0.15) is 5.82 Å². The number of hydrogen-bond donors (Lipinski definition) is 2. The average Bonchev–Trinajstić information content (AvgIpc) is 2.83. The summed E-state index contributed by atoms with van der Waals surface area (Å²) < 4.78 is 0. The summed E-state index contributed by atoms with van der Waals surface area (Å²) in [6.45, 7) is 6.59. The van der Waals surface area contributed by atoms with E-state index in [9.17, 15) is 9.90 Å². The Balaban J connectivity index is 2.10. The van der Waals surface area contributed by atoms with Gasteiger partial charge in [0.15, 0.2) is 0 Å². The number of aromatic amines is 1. The number of nitrogens with zero attached hydrogens (tertiary/aromatic N) is 3. The molecule has 2 rings (SSSR count). The molecular formula is C11H18N4O2. The number of H-pyrrole nitrogens is 1. The number of nitrogens with one attached hydrogen (secondary N) is 1. The predicted molar refractivity (Wildman–Crippen MR) is 61.6 cm³/mol. The molecule has 0 spiro atoms. The van der Waals surface area contributed by atoms with E-state index in [-0.39, 0.29) is 17.6 Å². The Labute approximate surface area is 100 Å². The third-order valence-electron chi connectivity index (χ3n) is 2.98. The maximum absolute atomic E-state index is 12.0. The van der Waals surface area contributed by atoms with Gasteiger partial charge in [0.2, 0.25) is 5.82 Å². The van der Waals surface area contributed by atoms with Crippen LogP contribution in [0.5, 0.6) is 0 Å². The second-order valence-electron chi connectivity index (χ2n) is 5.17. The molecule has 1 unspecified atom stereocenters. The normalized spacial score (nSPS) is 24.6. The molecule has 1 aromatic rings. The zero-order chi connectivity index (χ0) is 12.6. The summed E-state index contributed by atoms with van der Waals surface area (Å²) in [6, 6.07) is 0. The fourth-order valence-electron chi connectivity index (χ4n) is 1.89. The standard InChI is InChI=1S/C11H18N4O2/c1-7(2)8-12-9(14-13-8)10(16)15-5-4-11(3,17)6-15/h7,17H,4-6H2,1-3H3,(H,12,13,14). The molecule has 1 amide bonds. The highest BCUT2D eigenvalue weighted by Crippen LogP contribution is 2.21. The van der Waals surface area contributed by atoms with Crippen molar-refractivity contribution in [3.05, 3.63) is 11.6 Å². The number of hydrogen-bond acceptors (Lipinski definition) is 4. The summed E-state index contributed by atoms with van der Waals surface area (Å²) in [4.78, 5) is 17.8. The van der Waals surface area contributed by atoms with Crippen LogP contribution in [-0.2, 0) is 0 Å². The van der Waals surface area contributed by atoms with Crippen molar-refractivity contribution in [1.82, 2.24) is 20.1 Å². The maximum Gasteiger partial charge on any atom is 0.293 e. The summed E-state index contributed by atoms with van der Waals surface area (Å²) in [6.07, 6.45) is 0.597. The first-order chi connectivity index (χ1) is 7.89. The van der Waals surface area contributed by atoms with E-state index in [0.717, 1.165) is 0 Å². The molecule has 2 N–H and O–H groups in total. The minimum Gasteiger partial charge on any atom is -0.388 e. The second kappa shape index (κ2) is 4.10. The minimum atomic E-state index is -0.785. The molecule has 0 bridgehead atoms. The Bertz CT molecular complexity index is 425. The van der Waals surface area contributed by atoms with Crippen molar-refractivity contribution in [1.29, 1.82) is 0 Å². The van der Waals surface area contributed by atoms with Crippen LogP contribution in [0.4, 0.5) is 0 Å². The van der Waals surface area contributed by atoms with Crippen LogP contribution < -0.4 is 0 Å². The highest BCUT2D eigenvalue weighted by Gasteiger charge is 2.35. The van der Waals surface area contributed by atoms with Gasteiger partial charge in [0.25, 0.3) is 5.91 Å². The lowest BCUT2D eigenvalue weighted by atomic mass is 10.1. The van der Waals surface area contributed by atoms with Crippen molar-refractivity contribution >= 4 is 5.91 Å². The number of aromatic nitrogens is 3. The number of likely N-dealkylation sites (tertiary alicyclic amines) is 1. The quantitative estimate of drug-likeness (QED) is 0.787. The van der Waals surface area contributed by atoms with E-state index in [0.29, 0.717) is 25.3 Å². The first-order valence-electron chi connectivity index (χ1n) is 5.83. The highest BCUT2D eigenvalue weighted by molar-refractivity contribution is 5.90. The topological polar surface area (TPSA) is 82.1 Å². The van der Waals surface area contributed by atoms with Crippen molar-refractivity contribution in [3.8, 4) is 0 Å². The second-order valence-corrected chi connectivity index (χ2v) is 5.17. The van der Waals surface area contributed by atoms with E-state index in [1.54, 1.807) is 11.8 Å². The molecule has 94 valence electrons. The highest BCUT2D eigenvalue weighted by atomic mass is 16.3. The minimum absolute atomic E-state index is 0.186.